The first-order chi connectivity index (χ1) is 10.3. The summed E-state index contributed by atoms with van der Waals surface area (Å²) < 4.78 is 27.0. The van der Waals surface area contributed by atoms with Crippen LogP contribution in [0.3, 0.4) is 0 Å². The molecule has 1 aliphatic carbocycles. The molecular weight excluding hydrogens is 282 g/mol. The lowest BCUT2D eigenvalue weighted by molar-refractivity contribution is -0.113. The summed E-state index contributed by atoms with van der Waals surface area (Å²) in [4.78, 5) is 11.5. The van der Waals surface area contributed by atoms with Crippen molar-refractivity contribution in [2.75, 3.05) is 0 Å². The van der Waals surface area contributed by atoms with Gasteiger partial charge < -0.3 is 4.79 Å². The Morgan fingerprint density at radius 1 is 1.23 bits per heavy atom. The van der Waals surface area contributed by atoms with E-state index in [-0.39, 0.29) is 11.8 Å². The van der Waals surface area contributed by atoms with Gasteiger partial charge in [0.05, 0.1) is 0 Å². The van der Waals surface area contributed by atoms with Crippen molar-refractivity contribution in [3.63, 3.8) is 0 Å². The minimum Gasteiger partial charge on any atom is -0.303 e. The lowest BCUT2D eigenvalue weighted by Gasteiger charge is -2.35. The maximum Gasteiger partial charge on any atom is 0.129 e. The van der Waals surface area contributed by atoms with Gasteiger partial charge in [-0.3, -0.25) is 0 Å². The zero-order valence-electron chi connectivity index (χ0n) is 13.7. The SMILES string of the molecule is CC(C)(C)CCC1CC[C@@H](c2ccc(F)cc2F)[C@H](C=O)C1. The van der Waals surface area contributed by atoms with Crippen LogP contribution in [0.15, 0.2) is 18.2 Å². The molecule has 0 bridgehead atoms. The first-order valence-electron chi connectivity index (χ1n) is 8.20. The predicted molar refractivity (Wildman–Crippen MR) is 84.7 cm³/mol. The molecule has 0 aromatic heterocycles. The molecule has 0 N–H and O–H groups in total. The summed E-state index contributed by atoms with van der Waals surface area (Å²) in [5.41, 5.74) is 0.795. The number of rotatable bonds is 4. The van der Waals surface area contributed by atoms with Gasteiger partial charge in [0.15, 0.2) is 0 Å². The summed E-state index contributed by atoms with van der Waals surface area (Å²) in [5, 5.41) is 0. The molecule has 1 nitrogen and oxygen atoms in total. The highest BCUT2D eigenvalue weighted by molar-refractivity contribution is 5.56. The fraction of sp³-hybridized carbons (Fsp3) is 0.632. The van der Waals surface area contributed by atoms with Gasteiger partial charge in [-0.2, -0.15) is 0 Å². The largest absolute Gasteiger partial charge is 0.303 e. The highest BCUT2D eigenvalue weighted by Gasteiger charge is 2.33. The highest BCUT2D eigenvalue weighted by atomic mass is 19.1. The molecule has 1 aromatic carbocycles. The Bertz CT molecular complexity index is 519. The van der Waals surface area contributed by atoms with Crippen molar-refractivity contribution >= 4 is 6.29 Å². The van der Waals surface area contributed by atoms with E-state index in [4.69, 9.17) is 0 Å². The Morgan fingerprint density at radius 3 is 2.55 bits per heavy atom. The molecule has 0 saturated heterocycles. The van der Waals surface area contributed by atoms with E-state index in [0.717, 1.165) is 44.5 Å². The number of hydrogen-bond acceptors (Lipinski definition) is 1. The average molecular weight is 308 g/mol. The molecule has 2 rings (SSSR count). The monoisotopic (exact) mass is 308 g/mol. The van der Waals surface area contributed by atoms with Crippen molar-refractivity contribution in [2.45, 2.75) is 58.8 Å². The molecule has 122 valence electrons. The number of carbonyl (C=O) groups excluding carboxylic acids is 1. The normalized spacial score (nSPS) is 26.0. The maximum atomic E-state index is 14.0. The first-order valence-corrected chi connectivity index (χ1v) is 8.20. The molecule has 0 spiro atoms. The molecule has 0 heterocycles. The summed E-state index contributed by atoms with van der Waals surface area (Å²) in [6, 6.07) is 3.70. The topological polar surface area (TPSA) is 17.1 Å². The van der Waals surface area contributed by atoms with Crippen LogP contribution in [0.25, 0.3) is 0 Å². The van der Waals surface area contributed by atoms with Crippen molar-refractivity contribution in [3.05, 3.63) is 35.4 Å². The lowest BCUT2D eigenvalue weighted by Crippen LogP contribution is -2.26. The van der Waals surface area contributed by atoms with Crippen LogP contribution in [0.1, 0.15) is 64.4 Å². The third kappa shape index (κ3) is 4.37. The number of aldehydes is 1. The summed E-state index contributed by atoms with van der Waals surface area (Å²) in [7, 11) is 0. The lowest BCUT2D eigenvalue weighted by atomic mass is 9.69. The van der Waals surface area contributed by atoms with Crippen molar-refractivity contribution in [1.82, 2.24) is 0 Å². The predicted octanol–water partition coefficient (Wildman–Crippen LogP) is 5.49. The Kier molecular flexibility index (Phi) is 5.36. The van der Waals surface area contributed by atoms with E-state index in [1.807, 2.05) is 0 Å². The second-order valence-electron chi connectivity index (χ2n) is 7.85. The van der Waals surface area contributed by atoms with Gasteiger partial charge in [-0.25, -0.2) is 8.78 Å². The van der Waals surface area contributed by atoms with Gasteiger partial charge >= 0.3 is 0 Å². The molecule has 0 radical (unpaired) electrons. The molecule has 1 unspecified atom stereocenters. The minimum atomic E-state index is -0.567. The molecule has 3 heteroatoms. The van der Waals surface area contributed by atoms with Crippen molar-refractivity contribution in [3.8, 4) is 0 Å². The Labute approximate surface area is 132 Å². The number of halogens is 2. The molecule has 0 aliphatic heterocycles. The van der Waals surface area contributed by atoms with E-state index in [1.165, 1.54) is 12.1 Å². The van der Waals surface area contributed by atoms with Crippen LogP contribution in [0.5, 0.6) is 0 Å². The fourth-order valence-electron chi connectivity index (χ4n) is 3.53. The van der Waals surface area contributed by atoms with E-state index in [0.29, 0.717) is 16.9 Å². The molecule has 1 aromatic rings. The molecule has 22 heavy (non-hydrogen) atoms. The first kappa shape index (κ1) is 17.1. The van der Waals surface area contributed by atoms with E-state index in [1.54, 1.807) is 0 Å². The Morgan fingerprint density at radius 2 is 1.95 bits per heavy atom. The van der Waals surface area contributed by atoms with E-state index >= 15 is 0 Å². The van der Waals surface area contributed by atoms with Crippen molar-refractivity contribution < 1.29 is 13.6 Å². The van der Waals surface area contributed by atoms with Gasteiger partial charge in [0.2, 0.25) is 0 Å². The van der Waals surface area contributed by atoms with Gasteiger partial charge in [-0.1, -0.05) is 26.8 Å². The molecule has 1 aliphatic rings. The number of benzene rings is 1. The molecular formula is C19H26F2O. The van der Waals surface area contributed by atoms with Crippen molar-refractivity contribution in [2.24, 2.45) is 17.3 Å². The van der Waals surface area contributed by atoms with Gasteiger partial charge in [0, 0.05) is 12.0 Å². The van der Waals surface area contributed by atoms with E-state index < -0.39 is 11.6 Å². The number of hydrogen-bond donors (Lipinski definition) is 0. The second kappa shape index (κ2) is 6.89. The zero-order chi connectivity index (χ0) is 16.3. The van der Waals surface area contributed by atoms with Crippen LogP contribution >= 0.6 is 0 Å². The van der Waals surface area contributed by atoms with Crippen molar-refractivity contribution in [1.29, 1.82) is 0 Å². The van der Waals surface area contributed by atoms with Crippen LogP contribution in [0.2, 0.25) is 0 Å². The van der Waals surface area contributed by atoms with Gasteiger partial charge in [0.1, 0.15) is 17.9 Å². The van der Waals surface area contributed by atoms with Crippen LogP contribution in [-0.2, 0) is 4.79 Å². The van der Waals surface area contributed by atoms with Gasteiger partial charge in [-0.05, 0) is 61.0 Å². The summed E-state index contributed by atoms with van der Waals surface area (Å²) in [5.74, 6) is -0.815. The summed E-state index contributed by atoms with van der Waals surface area (Å²) in [6.45, 7) is 6.68. The standard InChI is InChI=1S/C19H26F2O/c1-19(2,3)9-8-13-4-6-16(14(10-13)12-22)17-7-5-15(20)11-18(17)21/h5,7,11-14,16H,4,6,8-10H2,1-3H3/t13?,14-,16+/m0/s1. The number of carbonyl (C=O) groups is 1. The molecule has 1 saturated carbocycles. The third-order valence-corrected chi connectivity index (χ3v) is 4.85. The quantitative estimate of drug-likeness (QED) is 0.672. The maximum absolute atomic E-state index is 14.0. The van der Waals surface area contributed by atoms with E-state index in [9.17, 15) is 13.6 Å². The Balaban J connectivity index is 2.05. The van der Waals surface area contributed by atoms with Crippen LogP contribution in [0.4, 0.5) is 8.78 Å². The molecule has 3 atom stereocenters. The minimum absolute atomic E-state index is 0.107. The van der Waals surface area contributed by atoms with Gasteiger partial charge in [0.25, 0.3) is 0 Å². The van der Waals surface area contributed by atoms with E-state index in [2.05, 4.69) is 20.8 Å². The molecule has 0 amide bonds. The molecule has 1 fully saturated rings. The zero-order valence-corrected chi connectivity index (χ0v) is 13.7. The van der Waals surface area contributed by atoms with Crippen LogP contribution < -0.4 is 0 Å². The highest BCUT2D eigenvalue weighted by Crippen LogP contribution is 2.42. The van der Waals surface area contributed by atoms with Crippen LogP contribution in [-0.4, -0.2) is 6.29 Å². The van der Waals surface area contributed by atoms with Gasteiger partial charge in [-0.15, -0.1) is 0 Å². The van der Waals surface area contributed by atoms with Crippen LogP contribution in [0, 0.1) is 28.9 Å². The summed E-state index contributed by atoms with van der Waals surface area (Å²) in [6.07, 6.45) is 5.87. The Hall–Kier alpha value is -1.25. The third-order valence-electron chi connectivity index (χ3n) is 4.85. The summed E-state index contributed by atoms with van der Waals surface area (Å²) >= 11 is 0. The average Bonchev–Trinajstić information content (AvgIpc) is 2.44. The second-order valence-corrected chi connectivity index (χ2v) is 7.85. The smallest absolute Gasteiger partial charge is 0.129 e. The fourth-order valence-corrected chi connectivity index (χ4v) is 3.53.